The molecule has 190 valence electrons. The maximum atomic E-state index is 15.4. The Morgan fingerprint density at radius 3 is 2.54 bits per heavy atom. The van der Waals surface area contributed by atoms with Crippen LogP contribution in [0.4, 0.5) is 13.2 Å². The van der Waals surface area contributed by atoms with Crippen molar-refractivity contribution in [3.63, 3.8) is 0 Å². The second-order valence-electron chi connectivity index (χ2n) is 9.60. The molecule has 1 amide bonds. The summed E-state index contributed by atoms with van der Waals surface area (Å²) in [5, 5.41) is 0.644. The average Bonchev–Trinajstić information content (AvgIpc) is 3.34. The Labute approximate surface area is 215 Å². The molecule has 0 saturated carbocycles. The predicted octanol–water partition coefficient (Wildman–Crippen LogP) is 5.81. The standard InChI is InChI=1S/C27H23F3N3O3P/c1-32-22-13-21(24-16(26(32)34)5-4-6-23(24)36-27(29)30)33-20-11-17(18(28)12-19(20)31-25(22)33)14-7-9-15(10-8-14)37(2,3)35/h4-12,21-22,27H,13H2,1-3H3/t21-,22-/m1/s1/i1D3. The summed E-state index contributed by atoms with van der Waals surface area (Å²) in [4.78, 5) is 18.8. The molecule has 4 aromatic rings. The van der Waals surface area contributed by atoms with Gasteiger partial charge in [-0.1, -0.05) is 30.3 Å². The first kappa shape index (κ1) is 20.5. The maximum Gasteiger partial charge on any atom is 0.387 e. The molecule has 3 heterocycles. The van der Waals surface area contributed by atoms with Gasteiger partial charge in [0.1, 0.15) is 24.5 Å². The summed E-state index contributed by atoms with van der Waals surface area (Å²) in [6.07, 6.45) is 0.0582. The second-order valence-corrected chi connectivity index (χ2v) is 12.8. The number of hydrogen-bond acceptors (Lipinski definition) is 4. The van der Waals surface area contributed by atoms with E-state index in [-0.39, 0.29) is 40.2 Å². The lowest BCUT2D eigenvalue weighted by Crippen LogP contribution is -2.30. The molecule has 37 heavy (non-hydrogen) atoms. The zero-order chi connectivity index (χ0) is 28.7. The summed E-state index contributed by atoms with van der Waals surface area (Å²) in [5.41, 5.74) is 1.48. The number of ether oxygens (including phenoxy) is 1. The summed E-state index contributed by atoms with van der Waals surface area (Å²) in [6.45, 7) is -2.76. The molecule has 0 unspecified atom stereocenters. The lowest BCUT2D eigenvalue weighted by molar-refractivity contribution is -0.0507. The molecule has 6 rings (SSSR count). The highest BCUT2D eigenvalue weighted by Crippen LogP contribution is 2.50. The van der Waals surface area contributed by atoms with Crippen molar-refractivity contribution >= 4 is 29.4 Å². The van der Waals surface area contributed by atoms with Crippen LogP contribution in [0.1, 0.15) is 44.4 Å². The van der Waals surface area contributed by atoms with Crippen LogP contribution in [0.25, 0.3) is 22.2 Å². The molecule has 3 aromatic carbocycles. The van der Waals surface area contributed by atoms with Crippen molar-refractivity contribution in [2.45, 2.75) is 25.1 Å². The molecule has 2 aliphatic heterocycles. The average molecular weight is 528 g/mol. The molecular weight excluding hydrogens is 502 g/mol. The molecule has 2 aliphatic rings. The van der Waals surface area contributed by atoms with E-state index in [1.165, 1.54) is 24.3 Å². The van der Waals surface area contributed by atoms with Gasteiger partial charge >= 0.3 is 6.61 Å². The lowest BCUT2D eigenvalue weighted by atomic mass is 9.97. The molecule has 0 fully saturated rings. The number of hydrogen-bond donors (Lipinski definition) is 0. The van der Waals surface area contributed by atoms with Crippen LogP contribution in [0.15, 0.2) is 54.6 Å². The van der Waals surface area contributed by atoms with E-state index < -0.39 is 44.5 Å². The number of alkyl halides is 2. The fourth-order valence-corrected chi connectivity index (χ4v) is 6.22. The zero-order valence-electron chi connectivity index (χ0n) is 22.8. The van der Waals surface area contributed by atoms with Gasteiger partial charge in [-0.3, -0.25) is 4.79 Å². The molecule has 0 radical (unpaired) electrons. The predicted molar refractivity (Wildman–Crippen MR) is 135 cm³/mol. The van der Waals surface area contributed by atoms with Gasteiger partial charge in [0.2, 0.25) is 0 Å². The normalized spacial score (nSPS) is 20.3. The molecule has 2 atom stereocenters. The van der Waals surface area contributed by atoms with E-state index >= 15 is 4.39 Å². The number of benzene rings is 3. The minimum absolute atomic E-state index is 0.0582. The largest absolute Gasteiger partial charge is 0.434 e. The number of aromatic nitrogens is 2. The Morgan fingerprint density at radius 1 is 1.11 bits per heavy atom. The molecule has 0 aliphatic carbocycles. The molecule has 10 heteroatoms. The highest BCUT2D eigenvalue weighted by molar-refractivity contribution is 7.70. The van der Waals surface area contributed by atoms with Gasteiger partial charge in [0.05, 0.1) is 23.1 Å². The summed E-state index contributed by atoms with van der Waals surface area (Å²) in [7, 11) is -2.52. The number of imidazole rings is 1. The van der Waals surface area contributed by atoms with Gasteiger partial charge < -0.3 is 18.8 Å². The van der Waals surface area contributed by atoms with Crippen molar-refractivity contribution in [3.05, 3.63) is 77.4 Å². The SMILES string of the molecule is [2H]C([2H])([2H])N1C(=O)c2cccc(OC(F)F)c2[C@H]2C[C@@H]1c1nc3cc(F)c(-c4ccc(P(C)(C)=O)cc4)cc3n12. The van der Waals surface area contributed by atoms with Gasteiger partial charge in [0.15, 0.2) is 0 Å². The quantitative estimate of drug-likeness (QED) is 0.314. The second kappa shape index (κ2) is 8.21. The minimum Gasteiger partial charge on any atom is -0.434 e. The van der Waals surface area contributed by atoms with Gasteiger partial charge in [0, 0.05) is 45.6 Å². The van der Waals surface area contributed by atoms with Crippen molar-refractivity contribution in [1.82, 2.24) is 14.5 Å². The van der Waals surface area contributed by atoms with Crippen molar-refractivity contribution in [2.75, 3.05) is 20.3 Å². The third-order valence-corrected chi connectivity index (χ3v) is 8.58. The van der Waals surface area contributed by atoms with Crippen LogP contribution >= 0.6 is 7.14 Å². The van der Waals surface area contributed by atoms with Gasteiger partial charge in [-0.25, -0.2) is 9.37 Å². The molecule has 0 saturated heterocycles. The Morgan fingerprint density at radius 2 is 1.86 bits per heavy atom. The number of halogens is 3. The highest BCUT2D eigenvalue weighted by Gasteiger charge is 2.45. The number of amides is 1. The maximum absolute atomic E-state index is 15.4. The Bertz CT molecular complexity index is 1730. The first-order valence-electron chi connectivity index (χ1n) is 13.0. The van der Waals surface area contributed by atoms with Gasteiger partial charge in [-0.05, 0) is 37.1 Å². The van der Waals surface area contributed by atoms with E-state index in [9.17, 15) is 18.1 Å². The van der Waals surface area contributed by atoms with Crippen molar-refractivity contribution < 1.29 is 31.4 Å². The molecule has 0 spiro atoms. The molecule has 1 aromatic heterocycles. The van der Waals surface area contributed by atoms with Crippen LogP contribution in [0.5, 0.6) is 5.75 Å². The van der Waals surface area contributed by atoms with Crippen LogP contribution in [0, 0.1) is 5.82 Å². The van der Waals surface area contributed by atoms with Crippen molar-refractivity contribution in [3.8, 4) is 16.9 Å². The molecule has 2 bridgehead atoms. The highest BCUT2D eigenvalue weighted by atomic mass is 31.2. The number of fused-ring (bicyclic) bond motifs is 9. The van der Waals surface area contributed by atoms with Crippen LogP contribution in [0.3, 0.4) is 0 Å². The van der Waals surface area contributed by atoms with Crippen LogP contribution < -0.4 is 10.0 Å². The Balaban J connectivity index is 1.60. The third kappa shape index (κ3) is 3.67. The number of nitrogens with zero attached hydrogens (tertiary/aromatic N) is 3. The van der Waals surface area contributed by atoms with Crippen LogP contribution in [0.2, 0.25) is 0 Å². The van der Waals surface area contributed by atoms with Gasteiger partial charge in [-0.2, -0.15) is 8.78 Å². The minimum atomic E-state index is -3.18. The summed E-state index contributed by atoms with van der Waals surface area (Å²) >= 11 is 0. The summed E-state index contributed by atoms with van der Waals surface area (Å²) < 4.78 is 85.4. The molecular formula is C27H23F3N3O3P. The Hall–Kier alpha value is -3.58. The zero-order valence-corrected chi connectivity index (χ0v) is 20.7. The fourth-order valence-electron chi connectivity index (χ4n) is 5.35. The van der Waals surface area contributed by atoms with Crippen molar-refractivity contribution in [1.29, 1.82) is 0 Å². The van der Waals surface area contributed by atoms with E-state index in [0.717, 1.165) is 4.90 Å². The summed E-state index contributed by atoms with van der Waals surface area (Å²) in [6, 6.07) is 11.8. The number of carbonyl (C=O) groups excluding carboxylic acids is 1. The van der Waals surface area contributed by atoms with E-state index in [0.29, 0.717) is 16.4 Å². The molecule has 6 nitrogen and oxygen atoms in total. The third-order valence-electron chi connectivity index (χ3n) is 7.04. The monoisotopic (exact) mass is 528 g/mol. The summed E-state index contributed by atoms with van der Waals surface area (Å²) in [5.74, 6) is -1.46. The molecule has 0 N–H and O–H groups in total. The van der Waals surface area contributed by atoms with E-state index in [1.807, 2.05) is 0 Å². The topological polar surface area (TPSA) is 64.4 Å². The first-order chi connectivity index (χ1) is 18.8. The van der Waals surface area contributed by atoms with Crippen molar-refractivity contribution in [2.24, 2.45) is 0 Å². The van der Waals surface area contributed by atoms with Gasteiger partial charge in [0.25, 0.3) is 5.91 Å². The van der Waals surface area contributed by atoms with E-state index in [4.69, 9.17) is 8.85 Å². The van der Waals surface area contributed by atoms with Gasteiger partial charge in [-0.15, -0.1) is 0 Å². The lowest BCUT2D eigenvalue weighted by Gasteiger charge is -2.24. The number of rotatable bonds is 4. The van der Waals surface area contributed by atoms with Crippen LogP contribution in [-0.2, 0) is 4.57 Å². The van der Waals surface area contributed by atoms with E-state index in [2.05, 4.69) is 4.98 Å². The fraction of sp³-hybridized carbons (Fsp3) is 0.259. The van der Waals surface area contributed by atoms with E-state index in [1.54, 1.807) is 48.2 Å². The van der Waals surface area contributed by atoms with Crippen LogP contribution in [-0.4, -0.2) is 47.3 Å². The first-order valence-corrected chi connectivity index (χ1v) is 14.1. The number of carbonyl (C=O) groups is 1. The Kier molecular flexibility index (Phi) is 4.55. The smallest absolute Gasteiger partial charge is 0.387 e.